The number of hydrogen-bond acceptors (Lipinski definition) is 3. The van der Waals surface area contributed by atoms with E-state index < -0.39 is 0 Å². The van der Waals surface area contributed by atoms with Crippen molar-refractivity contribution < 1.29 is 0 Å². The van der Waals surface area contributed by atoms with Crippen LogP contribution >= 0.6 is 24.0 Å². The van der Waals surface area contributed by atoms with Crippen LogP contribution in [-0.2, 0) is 6.54 Å². The predicted octanol–water partition coefficient (Wildman–Crippen LogP) is 4.26. The molecule has 3 nitrogen and oxygen atoms in total. The van der Waals surface area contributed by atoms with Crippen molar-refractivity contribution in [2.24, 2.45) is 0 Å². The number of anilines is 1. The number of pyridine rings is 1. The molecule has 0 radical (unpaired) electrons. The Labute approximate surface area is 149 Å². The van der Waals surface area contributed by atoms with E-state index in [2.05, 4.69) is 53.1 Å². The third-order valence-corrected chi connectivity index (χ3v) is 4.89. The average molecular weight is 352 g/mol. The van der Waals surface area contributed by atoms with Crippen molar-refractivity contribution in [2.75, 3.05) is 25.5 Å². The van der Waals surface area contributed by atoms with Crippen molar-refractivity contribution in [1.82, 2.24) is 9.88 Å². The van der Waals surface area contributed by atoms with E-state index in [9.17, 15) is 0 Å². The quantitative estimate of drug-likeness (QED) is 0.775. The minimum absolute atomic E-state index is 0. The number of benzene rings is 1. The molecular formula is C18H23Cl2N3. The Morgan fingerprint density at radius 2 is 1.83 bits per heavy atom. The van der Waals surface area contributed by atoms with Crippen molar-refractivity contribution in [2.45, 2.75) is 24.9 Å². The largest absolute Gasteiger partial charge is 0.363 e. The Morgan fingerprint density at radius 3 is 2.39 bits per heavy atom. The first-order valence-electron chi connectivity index (χ1n) is 7.67. The topological polar surface area (TPSA) is 19.4 Å². The van der Waals surface area contributed by atoms with Gasteiger partial charge in [-0.1, -0.05) is 41.9 Å². The van der Waals surface area contributed by atoms with Gasteiger partial charge < -0.3 is 9.80 Å². The van der Waals surface area contributed by atoms with Gasteiger partial charge in [-0.3, -0.25) is 4.98 Å². The summed E-state index contributed by atoms with van der Waals surface area (Å²) in [5, 5.41) is 0.764. The van der Waals surface area contributed by atoms with Gasteiger partial charge in [0.1, 0.15) is 0 Å². The Balaban J connectivity index is 0.00000192. The molecule has 1 aliphatic rings. The second kappa shape index (κ2) is 7.52. The summed E-state index contributed by atoms with van der Waals surface area (Å²) in [7, 11) is 4.33. The van der Waals surface area contributed by atoms with Gasteiger partial charge in [0.15, 0.2) is 0 Å². The standard InChI is InChI=1S/C18H22ClN3.ClH/c1-21(2)18(9-10-18)14-22(13-15-6-4-3-5-7-15)17-12-20-11-8-16(17)19;/h3-8,11-12H,9-10,13-14H2,1-2H3;1H. The zero-order valence-corrected chi connectivity index (χ0v) is 15.1. The number of rotatable bonds is 6. The van der Waals surface area contributed by atoms with Crippen molar-refractivity contribution >= 4 is 29.7 Å². The van der Waals surface area contributed by atoms with E-state index in [0.717, 1.165) is 23.8 Å². The number of hydrogen-bond donors (Lipinski definition) is 0. The molecule has 2 aromatic rings. The van der Waals surface area contributed by atoms with Crippen LogP contribution < -0.4 is 4.90 Å². The average Bonchev–Trinajstić information content (AvgIpc) is 3.29. The molecule has 1 saturated carbocycles. The first-order valence-corrected chi connectivity index (χ1v) is 8.04. The highest BCUT2D eigenvalue weighted by Gasteiger charge is 2.46. The monoisotopic (exact) mass is 351 g/mol. The maximum atomic E-state index is 6.42. The molecule has 23 heavy (non-hydrogen) atoms. The molecule has 0 atom stereocenters. The first kappa shape index (κ1) is 18.1. The van der Waals surface area contributed by atoms with Crippen LogP contribution in [0.2, 0.25) is 5.02 Å². The lowest BCUT2D eigenvalue weighted by atomic mass is 10.1. The van der Waals surface area contributed by atoms with E-state index in [-0.39, 0.29) is 17.9 Å². The van der Waals surface area contributed by atoms with Crippen LogP contribution in [0.4, 0.5) is 5.69 Å². The summed E-state index contributed by atoms with van der Waals surface area (Å²) in [6.45, 7) is 1.82. The molecule has 0 unspecified atom stereocenters. The molecule has 1 aliphatic carbocycles. The van der Waals surface area contributed by atoms with Crippen LogP contribution in [0.1, 0.15) is 18.4 Å². The third-order valence-electron chi connectivity index (χ3n) is 4.57. The third kappa shape index (κ3) is 4.17. The Bertz CT molecular complexity index is 627. The molecule has 5 heteroatoms. The summed E-state index contributed by atoms with van der Waals surface area (Å²) in [6.07, 6.45) is 6.09. The van der Waals surface area contributed by atoms with E-state index in [0.29, 0.717) is 0 Å². The summed E-state index contributed by atoms with van der Waals surface area (Å²) in [5.41, 5.74) is 2.58. The SMILES string of the molecule is CN(C)C1(CN(Cc2ccccc2)c2cnccc2Cl)CC1.Cl. The lowest BCUT2D eigenvalue weighted by Crippen LogP contribution is -2.42. The van der Waals surface area contributed by atoms with E-state index in [1.807, 2.05) is 18.3 Å². The van der Waals surface area contributed by atoms with Crippen LogP contribution in [0.15, 0.2) is 48.8 Å². The predicted molar refractivity (Wildman–Crippen MR) is 99.6 cm³/mol. The zero-order chi connectivity index (χ0) is 15.6. The lowest BCUT2D eigenvalue weighted by Gasteiger charge is -2.33. The second-order valence-corrected chi connectivity index (χ2v) is 6.69. The van der Waals surface area contributed by atoms with Crippen LogP contribution in [0.25, 0.3) is 0 Å². The molecular weight excluding hydrogens is 329 g/mol. The van der Waals surface area contributed by atoms with Crippen LogP contribution in [-0.4, -0.2) is 36.1 Å². The maximum Gasteiger partial charge on any atom is 0.0745 e. The summed E-state index contributed by atoms with van der Waals surface area (Å²) in [4.78, 5) is 8.96. The minimum Gasteiger partial charge on any atom is -0.363 e. The summed E-state index contributed by atoms with van der Waals surface area (Å²) in [5.74, 6) is 0. The molecule has 3 rings (SSSR count). The minimum atomic E-state index is 0. The summed E-state index contributed by atoms with van der Waals surface area (Å²) < 4.78 is 0. The molecule has 0 amide bonds. The molecule has 1 aromatic carbocycles. The Kier molecular flexibility index (Phi) is 5.90. The molecule has 0 bridgehead atoms. The van der Waals surface area contributed by atoms with Gasteiger partial charge in [0.25, 0.3) is 0 Å². The zero-order valence-electron chi connectivity index (χ0n) is 13.6. The molecule has 0 aliphatic heterocycles. The van der Waals surface area contributed by atoms with Gasteiger partial charge in [0, 0.05) is 24.8 Å². The van der Waals surface area contributed by atoms with Crippen molar-refractivity contribution in [3.63, 3.8) is 0 Å². The van der Waals surface area contributed by atoms with Gasteiger partial charge in [-0.05, 0) is 38.6 Å². The fourth-order valence-corrected chi connectivity index (χ4v) is 3.10. The molecule has 1 fully saturated rings. The highest BCUT2D eigenvalue weighted by Crippen LogP contribution is 2.42. The summed E-state index contributed by atoms with van der Waals surface area (Å²) >= 11 is 6.42. The van der Waals surface area contributed by atoms with Crippen LogP contribution in [0, 0.1) is 0 Å². The van der Waals surface area contributed by atoms with Crippen molar-refractivity contribution in [3.8, 4) is 0 Å². The van der Waals surface area contributed by atoms with Crippen LogP contribution in [0.5, 0.6) is 0 Å². The molecule has 1 aromatic heterocycles. The fraction of sp³-hybridized carbons (Fsp3) is 0.389. The second-order valence-electron chi connectivity index (χ2n) is 6.29. The van der Waals surface area contributed by atoms with Gasteiger partial charge in [-0.15, -0.1) is 12.4 Å². The molecule has 124 valence electrons. The van der Waals surface area contributed by atoms with E-state index in [1.165, 1.54) is 18.4 Å². The van der Waals surface area contributed by atoms with Crippen molar-refractivity contribution in [3.05, 3.63) is 59.4 Å². The number of nitrogens with zero attached hydrogens (tertiary/aromatic N) is 3. The molecule has 0 spiro atoms. The van der Waals surface area contributed by atoms with E-state index in [1.54, 1.807) is 6.20 Å². The molecule has 0 saturated heterocycles. The fourth-order valence-electron chi connectivity index (χ4n) is 2.88. The Hall–Kier alpha value is -1.29. The highest BCUT2D eigenvalue weighted by atomic mass is 35.5. The molecule has 1 heterocycles. The van der Waals surface area contributed by atoms with Gasteiger partial charge >= 0.3 is 0 Å². The Morgan fingerprint density at radius 1 is 1.13 bits per heavy atom. The number of halogens is 2. The van der Waals surface area contributed by atoms with Crippen LogP contribution in [0.3, 0.4) is 0 Å². The number of aromatic nitrogens is 1. The molecule has 0 N–H and O–H groups in total. The van der Waals surface area contributed by atoms with Gasteiger partial charge in [-0.2, -0.15) is 0 Å². The van der Waals surface area contributed by atoms with Gasteiger partial charge in [-0.25, -0.2) is 0 Å². The van der Waals surface area contributed by atoms with Gasteiger partial charge in [0.05, 0.1) is 16.9 Å². The smallest absolute Gasteiger partial charge is 0.0745 e. The lowest BCUT2D eigenvalue weighted by molar-refractivity contribution is 0.273. The van der Waals surface area contributed by atoms with Crippen molar-refractivity contribution in [1.29, 1.82) is 0 Å². The van der Waals surface area contributed by atoms with E-state index >= 15 is 0 Å². The maximum absolute atomic E-state index is 6.42. The summed E-state index contributed by atoms with van der Waals surface area (Å²) in [6, 6.07) is 12.4. The van der Waals surface area contributed by atoms with Gasteiger partial charge in [0.2, 0.25) is 0 Å². The first-order chi connectivity index (χ1) is 10.6. The van der Waals surface area contributed by atoms with E-state index in [4.69, 9.17) is 11.6 Å². The normalized spacial score (nSPS) is 15.1. The number of likely N-dealkylation sites (N-methyl/N-ethyl adjacent to an activating group) is 1. The highest BCUT2D eigenvalue weighted by molar-refractivity contribution is 6.33.